The molecule has 2 fully saturated rings. The van der Waals surface area contributed by atoms with Crippen LogP contribution in [-0.2, 0) is 6.54 Å². The molecule has 3 aliphatic rings. The van der Waals surface area contributed by atoms with Gasteiger partial charge in [-0.3, -0.25) is 9.69 Å². The topological polar surface area (TPSA) is 28.5 Å². The number of rotatable bonds is 2. The Hall–Kier alpha value is -1.39. The molecule has 24 heavy (non-hydrogen) atoms. The van der Waals surface area contributed by atoms with Crippen molar-refractivity contribution in [3.05, 3.63) is 39.8 Å². The Bertz CT molecular complexity index is 685. The number of nitrogens with zero attached hydrogens (tertiary/aromatic N) is 3. The number of hydrogen-bond acceptors (Lipinski definition) is 3. The van der Waals surface area contributed by atoms with Gasteiger partial charge in [0.25, 0.3) is 5.56 Å². The Kier molecular flexibility index (Phi) is 4.35. The predicted octanol–water partition coefficient (Wildman–Crippen LogP) is 2.39. The molecule has 0 aromatic carbocycles. The number of fused-ring (bicyclic) bond motifs is 4. The van der Waals surface area contributed by atoms with E-state index in [9.17, 15) is 4.79 Å². The van der Waals surface area contributed by atoms with Gasteiger partial charge in [0.1, 0.15) is 0 Å². The molecular formula is C20H29N3O. The normalized spacial score (nSPS) is 29.1. The molecule has 0 unspecified atom stereocenters. The molecule has 130 valence electrons. The third-order valence-corrected chi connectivity index (χ3v) is 6.20. The monoisotopic (exact) mass is 327 g/mol. The molecule has 2 bridgehead atoms. The highest BCUT2D eigenvalue weighted by molar-refractivity contribution is 5.53. The van der Waals surface area contributed by atoms with Crippen LogP contribution in [0.3, 0.4) is 0 Å². The van der Waals surface area contributed by atoms with Gasteiger partial charge in [-0.2, -0.15) is 0 Å². The summed E-state index contributed by atoms with van der Waals surface area (Å²) in [6.45, 7) is 7.69. The van der Waals surface area contributed by atoms with Crippen LogP contribution < -0.4 is 5.56 Å². The summed E-state index contributed by atoms with van der Waals surface area (Å²) >= 11 is 0. The van der Waals surface area contributed by atoms with Crippen LogP contribution in [0.15, 0.2) is 23.0 Å². The first-order chi connectivity index (χ1) is 11.7. The van der Waals surface area contributed by atoms with Crippen molar-refractivity contribution in [2.45, 2.75) is 44.7 Å². The molecule has 0 saturated carbocycles. The number of aromatic nitrogens is 1. The molecule has 0 amide bonds. The summed E-state index contributed by atoms with van der Waals surface area (Å²) in [5.74, 6) is 1.15. The van der Waals surface area contributed by atoms with Crippen molar-refractivity contribution < 1.29 is 0 Å². The highest BCUT2D eigenvalue weighted by Crippen LogP contribution is 2.38. The third-order valence-electron chi connectivity index (χ3n) is 6.20. The van der Waals surface area contributed by atoms with Crippen LogP contribution in [0.25, 0.3) is 6.08 Å². The lowest BCUT2D eigenvalue weighted by Gasteiger charge is -2.47. The van der Waals surface area contributed by atoms with Crippen LogP contribution in [0.4, 0.5) is 0 Å². The molecule has 0 aliphatic carbocycles. The van der Waals surface area contributed by atoms with E-state index in [1.807, 2.05) is 6.07 Å². The molecule has 0 radical (unpaired) electrons. The summed E-state index contributed by atoms with van der Waals surface area (Å²) in [4.78, 5) is 17.6. The largest absolute Gasteiger partial charge is 0.311 e. The molecule has 4 heteroatoms. The minimum atomic E-state index is 0.181. The molecule has 4 rings (SSSR count). The highest BCUT2D eigenvalue weighted by Gasteiger charge is 2.38. The molecule has 4 nitrogen and oxygen atoms in total. The van der Waals surface area contributed by atoms with Gasteiger partial charge in [-0.25, -0.2) is 0 Å². The van der Waals surface area contributed by atoms with E-state index in [1.54, 1.807) is 6.07 Å². The molecule has 0 spiro atoms. The SMILES string of the molecule is C/C=C/c1ccc(=O)n2c1[C@@H]1C[C@@H](CN(C3CCN(C)CC3)C1)C2. The minimum Gasteiger partial charge on any atom is -0.311 e. The van der Waals surface area contributed by atoms with Crippen molar-refractivity contribution in [2.75, 3.05) is 33.2 Å². The van der Waals surface area contributed by atoms with Crippen molar-refractivity contribution in [1.29, 1.82) is 0 Å². The third kappa shape index (κ3) is 2.86. The van der Waals surface area contributed by atoms with Crippen LogP contribution in [0, 0.1) is 5.92 Å². The molecule has 2 atom stereocenters. The second kappa shape index (κ2) is 6.49. The van der Waals surface area contributed by atoms with E-state index in [1.165, 1.54) is 50.2 Å². The van der Waals surface area contributed by atoms with Gasteiger partial charge in [-0.05, 0) is 63.9 Å². The fourth-order valence-electron chi connectivity index (χ4n) is 5.06. The molecular weight excluding hydrogens is 298 g/mol. The average Bonchev–Trinajstić information content (AvgIpc) is 2.58. The van der Waals surface area contributed by atoms with E-state index in [-0.39, 0.29) is 5.56 Å². The van der Waals surface area contributed by atoms with Gasteiger partial charge in [-0.1, -0.05) is 12.2 Å². The van der Waals surface area contributed by atoms with Crippen molar-refractivity contribution in [3.8, 4) is 0 Å². The smallest absolute Gasteiger partial charge is 0.250 e. The fourth-order valence-corrected chi connectivity index (χ4v) is 5.06. The maximum atomic E-state index is 12.4. The van der Waals surface area contributed by atoms with Crippen LogP contribution in [-0.4, -0.2) is 53.6 Å². The quantitative estimate of drug-likeness (QED) is 0.835. The van der Waals surface area contributed by atoms with Gasteiger partial charge in [-0.15, -0.1) is 0 Å². The van der Waals surface area contributed by atoms with E-state index in [4.69, 9.17) is 0 Å². The van der Waals surface area contributed by atoms with Crippen LogP contribution >= 0.6 is 0 Å². The van der Waals surface area contributed by atoms with Gasteiger partial charge in [0.05, 0.1) is 0 Å². The molecule has 2 saturated heterocycles. The van der Waals surface area contributed by atoms with Crippen molar-refractivity contribution in [3.63, 3.8) is 0 Å². The number of hydrogen-bond donors (Lipinski definition) is 0. The number of pyridine rings is 1. The molecule has 0 N–H and O–H groups in total. The van der Waals surface area contributed by atoms with Crippen molar-refractivity contribution in [1.82, 2.24) is 14.4 Å². The molecule has 1 aromatic rings. The van der Waals surface area contributed by atoms with Crippen LogP contribution in [0.1, 0.15) is 43.4 Å². The number of likely N-dealkylation sites (tertiary alicyclic amines) is 2. The zero-order valence-electron chi connectivity index (χ0n) is 14.9. The summed E-state index contributed by atoms with van der Waals surface area (Å²) in [5, 5.41) is 0. The standard InChI is InChI=1S/C20H29N3O/c1-3-4-16-5-6-19(24)23-13-15-11-17(20(16)23)14-22(12-15)18-7-9-21(2)10-8-18/h3-6,15,17-18H,7-14H2,1-2H3/b4-3+/t15-,17+/m0/s1. The minimum absolute atomic E-state index is 0.181. The summed E-state index contributed by atoms with van der Waals surface area (Å²) in [6.07, 6.45) is 8.08. The van der Waals surface area contributed by atoms with Gasteiger partial charge < -0.3 is 9.47 Å². The highest BCUT2D eigenvalue weighted by atomic mass is 16.1. The molecule has 4 heterocycles. The van der Waals surface area contributed by atoms with Gasteiger partial charge in [0, 0.05) is 43.4 Å². The Labute approximate surface area is 144 Å². The Balaban J connectivity index is 1.63. The van der Waals surface area contributed by atoms with E-state index < -0.39 is 0 Å². The van der Waals surface area contributed by atoms with Gasteiger partial charge in [0.2, 0.25) is 0 Å². The van der Waals surface area contributed by atoms with Crippen LogP contribution in [0.5, 0.6) is 0 Å². The van der Waals surface area contributed by atoms with E-state index in [2.05, 4.69) is 40.5 Å². The summed E-state index contributed by atoms with van der Waals surface area (Å²) in [5.41, 5.74) is 2.71. The first kappa shape index (κ1) is 16.1. The summed E-state index contributed by atoms with van der Waals surface area (Å²) in [6, 6.07) is 4.50. The first-order valence-electron chi connectivity index (χ1n) is 9.44. The Morgan fingerprint density at radius 3 is 2.67 bits per heavy atom. The number of allylic oxidation sites excluding steroid dienone is 1. The Morgan fingerprint density at radius 1 is 1.12 bits per heavy atom. The zero-order valence-corrected chi connectivity index (χ0v) is 14.9. The molecule has 1 aromatic heterocycles. The fraction of sp³-hybridized carbons (Fsp3) is 0.650. The maximum absolute atomic E-state index is 12.4. The van der Waals surface area contributed by atoms with Gasteiger partial charge >= 0.3 is 0 Å². The van der Waals surface area contributed by atoms with Crippen molar-refractivity contribution in [2.24, 2.45) is 5.92 Å². The summed E-state index contributed by atoms with van der Waals surface area (Å²) < 4.78 is 2.07. The Morgan fingerprint density at radius 2 is 1.92 bits per heavy atom. The first-order valence-corrected chi connectivity index (χ1v) is 9.44. The maximum Gasteiger partial charge on any atom is 0.250 e. The second-order valence-electron chi connectivity index (χ2n) is 7.91. The second-order valence-corrected chi connectivity index (χ2v) is 7.91. The van der Waals surface area contributed by atoms with Gasteiger partial charge in [0.15, 0.2) is 0 Å². The summed E-state index contributed by atoms with van der Waals surface area (Å²) in [7, 11) is 2.23. The lowest BCUT2D eigenvalue weighted by atomic mass is 9.80. The van der Waals surface area contributed by atoms with Crippen molar-refractivity contribution >= 4 is 6.08 Å². The lowest BCUT2D eigenvalue weighted by molar-refractivity contribution is 0.0516. The number of piperidine rings is 2. The lowest BCUT2D eigenvalue weighted by Crippen LogP contribution is -2.53. The van der Waals surface area contributed by atoms with E-state index in [0.717, 1.165) is 19.1 Å². The molecule has 3 aliphatic heterocycles. The van der Waals surface area contributed by atoms with Crippen LogP contribution in [0.2, 0.25) is 0 Å². The zero-order chi connectivity index (χ0) is 16.7. The van der Waals surface area contributed by atoms with E-state index >= 15 is 0 Å². The predicted molar refractivity (Wildman–Crippen MR) is 98.4 cm³/mol. The average molecular weight is 327 g/mol. The van der Waals surface area contributed by atoms with E-state index in [0.29, 0.717) is 11.8 Å².